The Kier molecular flexibility index (Phi) is 13.9. The lowest BCUT2D eigenvalue weighted by atomic mass is 9.71. The van der Waals surface area contributed by atoms with Crippen LogP contribution in [0.3, 0.4) is 0 Å². The van der Waals surface area contributed by atoms with E-state index in [-0.39, 0.29) is 47.1 Å². The van der Waals surface area contributed by atoms with E-state index < -0.39 is 127 Å². The predicted octanol–water partition coefficient (Wildman–Crippen LogP) is 14.2. The van der Waals surface area contributed by atoms with Crippen molar-refractivity contribution in [2.75, 3.05) is 4.90 Å². The third-order valence-corrected chi connectivity index (χ3v) is 15.4. The summed E-state index contributed by atoms with van der Waals surface area (Å²) in [5, 5.41) is 0. The molecule has 0 fully saturated rings. The fourth-order valence-electron chi connectivity index (χ4n) is 10.6. The van der Waals surface area contributed by atoms with Gasteiger partial charge in [0.25, 0.3) is 35.4 Å². The van der Waals surface area contributed by atoms with E-state index in [4.69, 9.17) is 9.47 Å². The molecule has 82 heavy (non-hydrogen) atoms. The number of halogens is 12. The summed E-state index contributed by atoms with van der Waals surface area (Å²) in [6, 6.07) is 19.4. The molecule has 1 unspecified atom stereocenters. The Hall–Kier alpha value is -8.76. The smallest absolute Gasteiger partial charge is 0.411 e. The van der Waals surface area contributed by atoms with Gasteiger partial charge in [-0.3, -0.25) is 38.6 Å². The molecule has 0 bridgehead atoms. The average Bonchev–Trinajstić information content (AvgIpc) is 1.35. The first-order chi connectivity index (χ1) is 38.2. The predicted molar refractivity (Wildman–Crippen MR) is 269 cm³/mol. The van der Waals surface area contributed by atoms with E-state index in [2.05, 4.69) is 0 Å². The molecule has 0 N–H and O–H groups in total. The van der Waals surface area contributed by atoms with Gasteiger partial charge in [0.15, 0.2) is 0 Å². The maximum Gasteiger partial charge on any atom is 0.411 e. The van der Waals surface area contributed by atoms with Crippen LogP contribution in [0.15, 0.2) is 146 Å². The van der Waals surface area contributed by atoms with Crippen molar-refractivity contribution in [2.24, 2.45) is 0 Å². The molecule has 0 saturated carbocycles. The molecule has 11 nitrogen and oxygen atoms in total. The van der Waals surface area contributed by atoms with E-state index in [1.54, 1.807) is 6.92 Å². The molecule has 426 valence electrons. The van der Waals surface area contributed by atoms with Crippen molar-refractivity contribution in [2.45, 2.75) is 94.1 Å². The number of imide groups is 3. The lowest BCUT2D eigenvalue weighted by Crippen LogP contribution is -2.55. The van der Waals surface area contributed by atoms with Crippen molar-refractivity contribution in [1.82, 2.24) is 9.80 Å². The standard InChI is InChI=1S/C59H43F12N3O8/c1-6-52(3,4)73-48(77)42-26-14-35(30-44(42)50(73)79)55(58(66,67)68,59(69,70)71)36-15-27-43-45(31-36)51(80)74(49(43)78)53(5,7-2)32-8-18-38(19-9-32)81-39-20-10-33(11-21-39)54(56(60,61)62,57(63,64)65)34-12-22-40(23-13-34)82-41-24-16-37(17-25-41)72-46(75)28-29-47(72)76/h8-31H,6-7H2,1-5H3. The van der Waals surface area contributed by atoms with E-state index in [0.29, 0.717) is 65.6 Å². The van der Waals surface area contributed by atoms with Gasteiger partial charge in [-0.15, -0.1) is 0 Å². The minimum atomic E-state index is -6.21. The molecule has 3 heterocycles. The number of fused-ring (bicyclic) bond motifs is 2. The highest BCUT2D eigenvalue weighted by Crippen LogP contribution is 2.59. The van der Waals surface area contributed by atoms with E-state index in [0.717, 1.165) is 46.2 Å². The van der Waals surface area contributed by atoms with Gasteiger partial charge in [-0.05, 0) is 146 Å². The van der Waals surface area contributed by atoms with Crippen LogP contribution in [0.5, 0.6) is 23.0 Å². The maximum atomic E-state index is 15.5. The normalized spacial score (nSPS) is 16.1. The number of carbonyl (C=O) groups excluding carboxylic acids is 6. The van der Waals surface area contributed by atoms with Gasteiger partial charge in [-0.25, -0.2) is 4.90 Å². The van der Waals surface area contributed by atoms with Crippen molar-refractivity contribution < 1.29 is 90.9 Å². The van der Waals surface area contributed by atoms with Crippen LogP contribution in [0, 0.1) is 0 Å². The Balaban J connectivity index is 0.962. The second kappa shape index (κ2) is 19.8. The summed E-state index contributed by atoms with van der Waals surface area (Å²) in [6.07, 6.45) is -22.1. The van der Waals surface area contributed by atoms with Gasteiger partial charge >= 0.3 is 24.7 Å². The van der Waals surface area contributed by atoms with Gasteiger partial charge in [0.1, 0.15) is 23.0 Å². The van der Waals surface area contributed by atoms with Gasteiger partial charge < -0.3 is 9.47 Å². The highest BCUT2D eigenvalue weighted by atomic mass is 19.4. The highest BCUT2D eigenvalue weighted by molar-refractivity contribution is 6.28. The minimum Gasteiger partial charge on any atom is -0.457 e. The fourth-order valence-corrected chi connectivity index (χ4v) is 10.6. The minimum absolute atomic E-state index is 0.0600. The third kappa shape index (κ3) is 8.94. The molecule has 0 spiro atoms. The zero-order valence-corrected chi connectivity index (χ0v) is 43.4. The number of benzene rings is 6. The van der Waals surface area contributed by atoms with Crippen molar-refractivity contribution in [1.29, 1.82) is 0 Å². The molecule has 9 rings (SSSR count). The molecule has 0 aromatic heterocycles. The number of hydrogen-bond acceptors (Lipinski definition) is 8. The Morgan fingerprint density at radius 1 is 0.366 bits per heavy atom. The summed E-state index contributed by atoms with van der Waals surface area (Å²) >= 11 is 0. The van der Waals surface area contributed by atoms with Crippen LogP contribution < -0.4 is 14.4 Å². The quantitative estimate of drug-likeness (QED) is 0.0778. The van der Waals surface area contributed by atoms with Gasteiger partial charge in [0, 0.05) is 17.7 Å². The summed E-state index contributed by atoms with van der Waals surface area (Å²) in [5.74, 6) is -5.98. The number of anilines is 1. The van der Waals surface area contributed by atoms with Crippen LogP contribution in [0.2, 0.25) is 0 Å². The number of ether oxygens (including phenoxy) is 2. The Morgan fingerprint density at radius 2 is 0.671 bits per heavy atom. The van der Waals surface area contributed by atoms with Crippen LogP contribution in [0.25, 0.3) is 0 Å². The Bertz CT molecular complexity index is 3580. The third-order valence-electron chi connectivity index (χ3n) is 15.4. The lowest BCUT2D eigenvalue weighted by Gasteiger charge is -2.38. The first kappa shape index (κ1) is 57.9. The molecule has 6 aromatic carbocycles. The van der Waals surface area contributed by atoms with Gasteiger partial charge in [0.05, 0.1) is 33.5 Å². The van der Waals surface area contributed by atoms with Crippen molar-refractivity contribution in [3.63, 3.8) is 0 Å². The van der Waals surface area contributed by atoms with Crippen LogP contribution in [0.4, 0.5) is 58.4 Å². The summed E-state index contributed by atoms with van der Waals surface area (Å²) in [5.41, 5.74) is -19.9. The topological polar surface area (TPSA) is 131 Å². The number of amides is 6. The molecular formula is C59H43F12N3O8. The molecule has 1 atom stereocenters. The number of carbonyl (C=O) groups is 6. The molecule has 0 radical (unpaired) electrons. The molecule has 23 heteroatoms. The number of hydrogen-bond donors (Lipinski definition) is 0. The fraction of sp³-hybridized carbons (Fsp3) is 0.254. The van der Waals surface area contributed by atoms with E-state index in [1.807, 2.05) is 0 Å². The Labute approximate surface area is 458 Å². The van der Waals surface area contributed by atoms with Crippen LogP contribution in [-0.4, -0.2) is 75.5 Å². The van der Waals surface area contributed by atoms with Crippen LogP contribution in [0.1, 0.15) is 117 Å². The van der Waals surface area contributed by atoms with E-state index in [9.17, 15) is 28.8 Å². The van der Waals surface area contributed by atoms with Gasteiger partial charge in [-0.1, -0.05) is 62.4 Å². The molecule has 6 aromatic rings. The summed E-state index contributed by atoms with van der Waals surface area (Å²) < 4.78 is 195. The lowest BCUT2D eigenvalue weighted by molar-refractivity contribution is -0.290. The Morgan fingerprint density at radius 3 is 1.02 bits per heavy atom. The second-order valence-corrected chi connectivity index (χ2v) is 20.3. The van der Waals surface area contributed by atoms with Gasteiger partial charge in [0.2, 0.25) is 10.8 Å². The SMILES string of the molecule is CCC(C)(C)N1C(=O)c2ccc(C(c3ccc4c(c3)C(=O)N(C(C)(CC)c3ccc(Oc5ccc(C(c6ccc(Oc7ccc(N8C(=O)C=CC8=O)cc7)cc6)(C(F)(F)F)C(F)(F)F)cc5)cc3)C4=O)(C(F)(F)F)C(F)(F)F)cc2C1=O. The molecular weight excluding hydrogens is 1110 g/mol. The number of nitrogens with zero attached hydrogens (tertiary/aromatic N) is 3. The van der Waals surface area contributed by atoms with Crippen molar-refractivity contribution in [3.05, 3.63) is 196 Å². The summed E-state index contributed by atoms with van der Waals surface area (Å²) in [4.78, 5) is 81.5. The summed E-state index contributed by atoms with van der Waals surface area (Å²) in [6.45, 7) is 7.53. The molecule has 3 aliphatic rings. The van der Waals surface area contributed by atoms with Crippen molar-refractivity contribution >= 4 is 41.1 Å². The van der Waals surface area contributed by atoms with E-state index in [1.165, 1.54) is 76.2 Å². The zero-order valence-electron chi connectivity index (χ0n) is 43.4. The largest absolute Gasteiger partial charge is 0.457 e. The molecule has 3 aliphatic heterocycles. The highest BCUT2D eigenvalue weighted by Gasteiger charge is 2.74. The number of alkyl halides is 12. The first-order valence-electron chi connectivity index (χ1n) is 24.9. The molecule has 6 amide bonds. The number of rotatable bonds is 14. The van der Waals surface area contributed by atoms with E-state index >= 15 is 52.7 Å². The van der Waals surface area contributed by atoms with Gasteiger partial charge in [-0.2, -0.15) is 52.7 Å². The van der Waals surface area contributed by atoms with Crippen LogP contribution >= 0.6 is 0 Å². The monoisotopic (exact) mass is 1150 g/mol. The van der Waals surface area contributed by atoms with Crippen LogP contribution in [-0.2, 0) is 26.0 Å². The maximum absolute atomic E-state index is 15.5. The molecule has 0 aliphatic carbocycles. The first-order valence-corrected chi connectivity index (χ1v) is 24.9. The molecule has 0 saturated heterocycles. The zero-order chi connectivity index (χ0) is 60.1. The second-order valence-electron chi connectivity index (χ2n) is 20.3. The average molecular weight is 1150 g/mol. The summed E-state index contributed by atoms with van der Waals surface area (Å²) in [7, 11) is 0. The van der Waals surface area contributed by atoms with Crippen molar-refractivity contribution in [3.8, 4) is 23.0 Å².